The van der Waals surface area contributed by atoms with Gasteiger partial charge in [-0.3, -0.25) is 14.4 Å². The maximum atomic E-state index is 13.3. The number of nitrogens with one attached hydrogen (secondary N) is 3. The van der Waals surface area contributed by atoms with Crippen molar-refractivity contribution in [3.8, 4) is 5.69 Å². The summed E-state index contributed by atoms with van der Waals surface area (Å²) in [6.07, 6.45) is 5.35. The number of aromatic nitrogens is 3. The van der Waals surface area contributed by atoms with Crippen molar-refractivity contribution in [2.75, 3.05) is 26.2 Å². The fourth-order valence-corrected chi connectivity index (χ4v) is 4.75. The van der Waals surface area contributed by atoms with Gasteiger partial charge in [0.2, 0.25) is 11.8 Å². The maximum absolute atomic E-state index is 13.3. The predicted octanol–water partition coefficient (Wildman–Crippen LogP) is 1.39. The number of halogens is 1. The lowest BCUT2D eigenvalue weighted by Crippen LogP contribution is -2.56. The zero-order chi connectivity index (χ0) is 26.5. The highest BCUT2D eigenvalue weighted by atomic mass is 19.1. The number of hydrogen-bond donors (Lipinski definition) is 3. The third kappa shape index (κ3) is 6.23. The summed E-state index contributed by atoms with van der Waals surface area (Å²) < 4.78 is 14.8. The van der Waals surface area contributed by atoms with Crippen LogP contribution in [-0.4, -0.2) is 75.9 Å². The van der Waals surface area contributed by atoms with Crippen LogP contribution in [0.25, 0.3) is 5.69 Å². The molecule has 2 fully saturated rings. The van der Waals surface area contributed by atoms with Gasteiger partial charge in [0.05, 0.1) is 24.6 Å². The summed E-state index contributed by atoms with van der Waals surface area (Å²) in [7, 11) is 0. The Morgan fingerprint density at radius 3 is 2.63 bits per heavy atom. The first kappa shape index (κ1) is 25.5. The average Bonchev–Trinajstić information content (AvgIpc) is 3.49. The standard InChI is InChI=1S/C27H30FN7O3/c28-20-7-3-18(4-8-20)22-16-24(22)29-11-1-2-23(27(38)34-14-12-30-25(36)17-34)32-26(37)19-5-9-21(10-6-19)35-15-13-31-33-35/h3-10,13,15,22-24,29H,1-2,11-12,14,16-17H2,(H,30,36)(H,32,37)/t22-,23-,24+/m0/s1. The molecule has 3 atom stereocenters. The lowest BCUT2D eigenvalue weighted by atomic mass is 10.1. The highest BCUT2D eigenvalue weighted by molar-refractivity contribution is 5.98. The van der Waals surface area contributed by atoms with Crippen LogP contribution in [0, 0.1) is 5.82 Å². The molecule has 2 heterocycles. The fourth-order valence-electron chi connectivity index (χ4n) is 4.75. The molecule has 1 aliphatic heterocycles. The molecule has 198 valence electrons. The Kier molecular flexibility index (Phi) is 7.73. The summed E-state index contributed by atoms with van der Waals surface area (Å²) in [6, 6.07) is 13.0. The van der Waals surface area contributed by atoms with Gasteiger partial charge in [-0.05, 0) is 67.8 Å². The van der Waals surface area contributed by atoms with Gasteiger partial charge in [-0.2, -0.15) is 0 Å². The van der Waals surface area contributed by atoms with Crippen LogP contribution in [0.15, 0.2) is 60.9 Å². The molecular weight excluding hydrogens is 489 g/mol. The number of carbonyl (C=O) groups excluding carboxylic acids is 3. The van der Waals surface area contributed by atoms with E-state index in [-0.39, 0.29) is 30.1 Å². The van der Waals surface area contributed by atoms with E-state index < -0.39 is 6.04 Å². The van der Waals surface area contributed by atoms with Crippen LogP contribution >= 0.6 is 0 Å². The zero-order valence-corrected chi connectivity index (χ0v) is 20.8. The van der Waals surface area contributed by atoms with Gasteiger partial charge in [-0.15, -0.1) is 5.10 Å². The topological polar surface area (TPSA) is 121 Å². The molecule has 3 aromatic rings. The molecular formula is C27H30FN7O3. The van der Waals surface area contributed by atoms with Crippen LogP contribution < -0.4 is 16.0 Å². The summed E-state index contributed by atoms with van der Waals surface area (Å²) in [5.74, 6) is -0.709. The summed E-state index contributed by atoms with van der Waals surface area (Å²) >= 11 is 0. The molecule has 1 aliphatic carbocycles. The molecule has 0 unspecified atom stereocenters. The van der Waals surface area contributed by atoms with Crippen LogP contribution in [0.3, 0.4) is 0 Å². The molecule has 1 aromatic heterocycles. The van der Waals surface area contributed by atoms with Crippen molar-refractivity contribution >= 4 is 17.7 Å². The van der Waals surface area contributed by atoms with E-state index >= 15 is 0 Å². The third-order valence-electron chi connectivity index (χ3n) is 6.93. The SMILES string of the molecule is O=C1CN(C(=O)[C@H](CCCN[C@@H]2C[C@H]2c2ccc(F)cc2)NC(=O)c2ccc(-n3ccnn3)cc2)CCN1. The Bertz CT molecular complexity index is 1260. The van der Waals surface area contributed by atoms with Gasteiger partial charge < -0.3 is 20.9 Å². The lowest BCUT2D eigenvalue weighted by molar-refractivity contribution is -0.139. The van der Waals surface area contributed by atoms with Gasteiger partial charge >= 0.3 is 0 Å². The van der Waals surface area contributed by atoms with E-state index in [0.29, 0.717) is 50.0 Å². The number of carbonyl (C=O) groups is 3. The van der Waals surface area contributed by atoms with Gasteiger partial charge in [0.1, 0.15) is 11.9 Å². The number of benzene rings is 2. The van der Waals surface area contributed by atoms with Gasteiger partial charge in [0.25, 0.3) is 5.91 Å². The molecule has 10 nitrogen and oxygen atoms in total. The zero-order valence-electron chi connectivity index (χ0n) is 20.8. The van der Waals surface area contributed by atoms with E-state index in [1.165, 1.54) is 17.0 Å². The Balaban J connectivity index is 1.17. The van der Waals surface area contributed by atoms with E-state index in [0.717, 1.165) is 17.7 Å². The number of amides is 3. The summed E-state index contributed by atoms with van der Waals surface area (Å²) in [5.41, 5.74) is 2.29. The Labute approximate surface area is 219 Å². The van der Waals surface area contributed by atoms with E-state index in [4.69, 9.17) is 0 Å². The van der Waals surface area contributed by atoms with E-state index in [2.05, 4.69) is 26.3 Å². The highest BCUT2D eigenvalue weighted by Gasteiger charge is 2.37. The van der Waals surface area contributed by atoms with E-state index in [9.17, 15) is 18.8 Å². The van der Waals surface area contributed by atoms with Gasteiger partial charge in [0, 0.05) is 30.6 Å². The fraction of sp³-hybridized carbons (Fsp3) is 0.370. The number of nitrogens with zero attached hydrogens (tertiary/aromatic N) is 4. The van der Waals surface area contributed by atoms with E-state index in [1.807, 2.05) is 12.1 Å². The second kappa shape index (κ2) is 11.5. The van der Waals surface area contributed by atoms with Crippen molar-refractivity contribution in [3.05, 3.63) is 77.9 Å². The molecule has 0 spiro atoms. The smallest absolute Gasteiger partial charge is 0.251 e. The van der Waals surface area contributed by atoms with E-state index in [1.54, 1.807) is 41.3 Å². The highest BCUT2D eigenvalue weighted by Crippen LogP contribution is 2.40. The van der Waals surface area contributed by atoms with Crippen molar-refractivity contribution < 1.29 is 18.8 Å². The van der Waals surface area contributed by atoms with Crippen LogP contribution in [0.4, 0.5) is 4.39 Å². The van der Waals surface area contributed by atoms with Crippen molar-refractivity contribution in [1.29, 1.82) is 0 Å². The molecule has 5 rings (SSSR count). The Morgan fingerprint density at radius 2 is 1.92 bits per heavy atom. The molecule has 0 bridgehead atoms. The minimum absolute atomic E-state index is 0.0164. The number of hydrogen-bond acceptors (Lipinski definition) is 6. The summed E-state index contributed by atoms with van der Waals surface area (Å²) in [5, 5.41) is 16.8. The first-order valence-corrected chi connectivity index (χ1v) is 12.8. The van der Waals surface area contributed by atoms with Crippen molar-refractivity contribution in [2.45, 2.75) is 37.3 Å². The van der Waals surface area contributed by atoms with Crippen LogP contribution in [0.2, 0.25) is 0 Å². The van der Waals surface area contributed by atoms with Crippen LogP contribution in [0.5, 0.6) is 0 Å². The molecule has 2 aromatic carbocycles. The maximum Gasteiger partial charge on any atom is 0.251 e. The monoisotopic (exact) mass is 519 g/mol. The largest absolute Gasteiger partial charge is 0.353 e. The number of rotatable bonds is 10. The van der Waals surface area contributed by atoms with Crippen LogP contribution in [-0.2, 0) is 9.59 Å². The molecule has 1 saturated carbocycles. The van der Waals surface area contributed by atoms with Crippen molar-refractivity contribution in [1.82, 2.24) is 35.8 Å². The summed E-state index contributed by atoms with van der Waals surface area (Å²) in [6.45, 7) is 1.46. The minimum atomic E-state index is -0.753. The predicted molar refractivity (Wildman–Crippen MR) is 137 cm³/mol. The second-order valence-corrected chi connectivity index (χ2v) is 9.63. The Hall–Kier alpha value is -4.12. The molecule has 0 radical (unpaired) electrons. The molecule has 3 N–H and O–H groups in total. The molecule has 2 aliphatic rings. The Morgan fingerprint density at radius 1 is 1.13 bits per heavy atom. The summed E-state index contributed by atoms with van der Waals surface area (Å²) in [4.78, 5) is 39.7. The molecule has 1 saturated heterocycles. The lowest BCUT2D eigenvalue weighted by Gasteiger charge is -2.30. The second-order valence-electron chi connectivity index (χ2n) is 9.63. The number of piperazine rings is 1. The minimum Gasteiger partial charge on any atom is -0.353 e. The normalized spacial score (nSPS) is 19.5. The first-order valence-electron chi connectivity index (χ1n) is 12.8. The molecule has 11 heteroatoms. The third-order valence-corrected chi connectivity index (χ3v) is 6.93. The first-order chi connectivity index (χ1) is 18.5. The van der Waals surface area contributed by atoms with Gasteiger partial charge in [-0.1, -0.05) is 17.3 Å². The van der Waals surface area contributed by atoms with Crippen molar-refractivity contribution in [2.24, 2.45) is 0 Å². The average molecular weight is 520 g/mol. The van der Waals surface area contributed by atoms with Crippen molar-refractivity contribution in [3.63, 3.8) is 0 Å². The van der Waals surface area contributed by atoms with Crippen LogP contribution in [0.1, 0.15) is 41.1 Å². The molecule has 3 amide bonds. The van der Waals surface area contributed by atoms with Gasteiger partial charge in [-0.25, -0.2) is 9.07 Å². The quantitative estimate of drug-likeness (QED) is 0.348. The molecule has 38 heavy (non-hydrogen) atoms. The van der Waals surface area contributed by atoms with Gasteiger partial charge in [0.15, 0.2) is 0 Å².